The molecule has 25 heavy (non-hydrogen) atoms. The molecule has 2 rings (SSSR count). The van der Waals surface area contributed by atoms with E-state index in [2.05, 4.69) is 15.9 Å². The predicted molar refractivity (Wildman–Crippen MR) is 100 cm³/mol. The second kappa shape index (κ2) is 8.76. The average molecular weight is 408 g/mol. The molecule has 0 aromatic heterocycles. The Kier molecular flexibility index (Phi) is 6.70. The third-order valence-corrected chi connectivity index (χ3v) is 4.64. The third kappa shape index (κ3) is 4.89. The highest BCUT2D eigenvalue weighted by molar-refractivity contribution is 9.10. The van der Waals surface area contributed by atoms with Gasteiger partial charge in [0.15, 0.2) is 11.5 Å². The molecule has 0 saturated heterocycles. The van der Waals surface area contributed by atoms with Crippen LogP contribution in [0.15, 0.2) is 40.9 Å². The maximum atomic E-state index is 12.5. The van der Waals surface area contributed by atoms with Crippen LogP contribution < -0.4 is 14.2 Å². The fourth-order valence-corrected chi connectivity index (χ4v) is 2.86. The van der Waals surface area contributed by atoms with Crippen molar-refractivity contribution in [1.29, 1.82) is 0 Å². The Morgan fingerprint density at radius 1 is 1.00 bits per heavy atom. The van der Waals surface area contributed by atoms with Crippen LogP contribution in [0.3, 0.4) is 0 Å². The van der Waals surface area contributed by atoms with E-state index >= 15 is 0 Å². The second-order valence-electron chi connectivity index (χ2n) is 5.57. The molecule has 6 heteroatoms. The number of halogens is 1. The van der Waals surface area contributed by atoms with Crippen LogP contribution in [0, 0.1) is 0 Å². The molecule has 0 N–H and O–H groups in total. The van der Waals surface area contributed by atoms with Gasteiger partial charge in [-0.05, 0) is 35.4 Å². The first-order chi connectivity index (χ1) is 12.0. The molecule has 0 bridgehead atoms. The Labute approximate surface area is 156 Å². The highest BCUT2D eigenvalue weighted by Gasteiger charge is 2.15. The van der Waals surface area contributed by atoms with Crippen molar-refractivity contribution in [3.8, 4) is 17.2 Å². The summed E-state index contributed by atoms with van der Waals surface area (Å²) in [6, 6.07) is 11.2. The largest absolute Gasteiger partial charge is 0.497 e. The standard InChI is InChI=1S/C19H22BrNO4/c1-21(19(22)9-13-5-7-15(23-2)8-6-13)12-14-10-17(24-3)18(25-4)11-16(14)20/h5-8,10-11H,9,12H2,1-4H3. The zero-order valence-electron chi connectivity index (χ0n) is 14.8. The van der Waals surface area contributed by atoms with Crippen molar-refractivity contribution in [2.45, 2.75) is 13.0 Å². The van der Waals surface area contributed by atoms with Gasteiger partial charge in [-0.25, -0.2) is 0 Å². The van der Waals surface area contributed by atoms with E-state index in [1.807, 2.05) is 36.4 Å². The Morgan fingerprint density at radius 3 is 2.16 bits per heavy atom. The Hall–Kier alpha value is -2.21. The van der Waals surface area contributed by atoms with Gasteiger partial charge in [0.05, 0.1) is 27.8 Å². The predicted octanol–water partition coefficient (Wildman–Crippen LogP) is 3.68. The topological polar surface area (TPSA) is 48.0 Å². The van der Waals surface area contributed by atoms with E-state index in [1.54, 1.807) is 33.3 Å². The van der Waals surface area contributed by atoms with Gasteiger partial charge in [-0.2, -0.15) is 0 Å². The van der Waals surface area contributed by atoms with Gasteiger partial charge in [0.1, 0.15) is 5.75 Å². The molecular weight excluding hydrogens is 386 g/mol. The molecule has 2 aromatic rings. The van der Waals surface area contributed by atoms with Crippen LogP contribution in [-0.4, -0.2) is 39.2 Å². The smallest absolute Gasteiger partial charge is 0.227 e. The Bertz CT molecular complexity index is 731. The SMILES string of the molecule is COc1ccc(CC(=O)N(C)Cc2cc(OC)c(OC)cc2Br)cc1. The van der Waals surface area contributed by atoms with E-state index in [0.29, 0.717) is 24.5 Å². The lowest BCUT2D eigenvalue weighted by atomic mass is 10.1. The summed E-state index contributed by atoms with van der Waals surface area (Å²) in [5.74, 6) is 2.09. The van der Waals surface area contributed by atoms with Gasteiger partial charge in [0, 0.05) is 18.1 Å². The zero-order valence-corrected chi connectivity index (χ0v) is 16.4. The third-order valence-electron chi connectivity index (χ3n) is 3.90. The van der Waals surface area contributed by atoms with Crippen LogP contribution >= 0.6 is 15.9 Å². The van der Waals surface area contributed by atoms with Crippen LogP contribution in [0.5, 0.6) is 17.2 Å². The van der Waals surface area contributed by atoms with Gasteiger partial charge < -0.3 is 19.1 Å². The number of rotatable bonds is 7. The molecule has 5 nitrogen and oxygen atoms in total. The molecule has 0 aliphatic carbocycles. The highest BCUT2D eigenvalue weighted by Crippen LogP contribution is 2.33. The van der Waals surface area contributed by atoms with Crippen LogP contribution in [-0.2, 0) is 17.8 Å². The number of amides is 1. The fourth-order valence-electron chi connectivity index (χ4n) is 2.41. The molecule has 0 fully saturated rings. The first-order valence-electron chi connectivity index (χ1n) is 7.75. The van der Waals surface area contributed by atoms with E-state index in [9.17, 15) is 4.79 Å². The number of hydrogen-bond donors (Lipinski definition) is 0. The number of carbonyl (C=O) groups excluding carboxylic acids is 1. The molecule has 134 valence electrons. The van der Waals surface area contributed by atoms with E-state index < -0.39 is 0 Å². The lowest BCUT2D eigenvalue weighted by molar-refractivity contribution is -0.129. The van der Waals surface area contributed by atoms with Gasteiger partial charge >= 0.3 is 0 Å². The number of nitrogens with zero attached hydrogens (tertiary/aromatic N) is 1. The molecule has 0 heterocycles. The molecule has 0 saturated carbocycles. The Balaban J connectivity index is 2.07. The summed E-state index contributed by atoms with van der Waals surface area (Å²) in [6.45, 7) is 0.468. The van der Waals surface area contributed by atoms with Crippen molar-refractivity contribution in [2.24, 2.45) is 0 Å². The Morgan fingerprint density at radius 2 is 1.60 bits per heavy atom. The van der Waals surface area contributed by atoms with Gasteiger partial charge in [-0.3, -0.25) is 4.79 Å². The summed E-state index contributed by atoms with van der Waals surface area (Å²) in [6.07, 6.45) is 0.339. The minimum atomic E-state index is 0.0341. The average Bonchev–Trinajstić information content (AvgIpc) is 2.63. The van der Waals surface area contributed by atoms with E-state index in [-0.39, 0.29) is 5.91 Å². The monoisotopic (exact) mass is 407 g/mol. The molecule has 0 radical (unpaired) electrons. The first-order valence-corrected chi connectivity index (χ1v) is 8.55. The van der Waals surface area contributed by atoms with Crippen molar-refractivity contribution in [1.82, 2.24) is 4.90 Å². The van der Waals surface area contributed by atoms with Crippen LogP contribution in [0.4, 0.5) is 0 Å². The van der Waals surface area contributed by atoms with Gasteiger partial charge in [0.2, 0.25) is 5.91 Å². The van der Waals surface area contributed by atoms with Crippen molar-refractivity contribution in [2.75, 3.05) is 28.4 Å². The number of carbonyl (C=O) groups is 1. The molecule has 0 atom stereocenters. The molecule has 2 aromatic carbocycles. The van der Waals surface area contributed by atoms with Crippen molar-refractivity contribution in [3.63, 3.8) is 0 Å². The van der Waals surface area contributed by atoms with Gasteiger partial charge in [-0.1, -0.05) is 28.1 Å². The van der Waals surface area contributed by atoms with Crippen molar-refractivity contribution in [3.05, 3.63) is 52.0 Å². The molecule has 0 aliphatic heterocycles. The number of likely N-dealkylation sites (N-methyl/N-ethyl adjacent to an activating group) is 1. The minimum Gasteiger partial charge on any atom is -0.497 e. The van der Waals surface area contributed by atoms with Crippen LogP contribution in [0.1, 0.15) is 11.1 Å². The molecule has 0 spiro atoms. The summed E-state index contributed by atoms with van der Waals surface area (Å²) >= 11 is 3.52. The molecule has 1 amide bonds. The van der Waals surface area contributed by atoms with Crippen LogP contribution in [0.25, 0.3) is 0 Å². The van der Waals surface area contributed by atoms with Gasteiger partial charge in [-0.15, -0.1) is 0 Å². The van der Waals surface area contributed by atoms with Crippen molar-refractivity contribution < 1.29 is 19.0 Å². The normalized spacial score (nSPS) is 10.3. The molecular formula is C19H22BrNO4. The molecule has 0 aliphatic rings. The first kappa shape index (κ1) is 19.1. The summed E-state index contributed by atoms with van der Waals surface area (Å²) in [7, 11) is 6.59. The number of hydrogen-bond acceptors (Lipinski definition) is 4. The summed E-state index contributed by atoms with van der Waals surface area (Å²) in [5.41, 5.74) is 1.90. The lowest BCUT2D eigenvalue weighted by Gasteiger charge is -2.19. The van der Waals surface area contributed by atoms with E-state index in [4.69, 9.17) is 14.2 Å². The second-order valence-corrected chi connectivity index (χ2v) is 6.43. The fraction of sp³-hybridized carbons (Fsp3) is 0.316. The van der Waals surface area contributed by atoms with E-state index in [0.717, 1.165) is 21.3 Å². The lowest BCUT2D eigenvalue weighted by Crippen LogP contribution is -2.27. The maximum absolute atomic E-state index is 12.5. The quantitative estimate of drug-likeness (QED) is 0.702. The number of ether oxygens (including phenoxy) is 3. The minimum absolute atomic E-state index is 0.0341. The number of methoxy groups -OCH3 is 3. The van der Waals surface area contributed by atoms with Crippen molar-refractivity contribution >= 4 is 21.8 Å². The summed E-state index contributed by atoms with van der Waals surface area (Å²) < 4.78 is 16.6. The summed E-state index contributed by atoms with van der Waals surface area (Å²) in [4.78, 5) is 14.2. The highest BCUT2D eigenvalue weighted by atomic mass is 79.9. The maximum Gasteiger partial charge on any atom is 0.227 e. The summed E-state index contributed by atoms with van der Waals surface area (Å²) in [5, 5.41) is 0. The van der Waals surface area contributed by atoms with Gasteiger partial charge in [0.25, 0.3) is 0 Å². The van der Waals surface area contributed by atoms with Crippen LogP contribution in [0.2, 0.25) is 0 Å². The zero-order chi connectivity index (χ0) is 18.4. The number of benzene rings is 2. The van der Waals surface area contributed by atoms with E-state index in [1.165, 1.54) is 0 Å². The molecule has 0 unspecified atom stereocenters.